The summed E-state index contributed by atoms with van der Waals surface area (Å²) in [4.78, 5) is 47.9. The fourth-order valence-corrected chi connectivity index (χ4v) is 8.04. The Morgan fingerprint density at radius 3 is 2.40 bits per heavy atom. The molecule has 0 bridgehead atoms. The van der Waals surface area contributed by atoms with E-state index in [9.17, 15) is 24.6 Å². The van der Waals surface area contributed by atoms with Crippen molar-refractivity contribution in [2.75, 3.05) is 26.3 Å². The molecule has 3 amide bonds. The summed E-state index contributed by atoms with van der Waals surface area (Å²) >= 11 is 1.42. The van der Waals surface area contributed by atoms with Crippen molar-refractivity contribution in [2.45, 2.75) is 95.9 Å². The van der Waals surface area contributed by atoms with Crippen LogP contribution in [0.15, 0.2) is 41.2 Å². The zero-order valence-corrected chi connectivity index (χ0v) is 28.6. The molecule has 1 aliphatic heterocycles. The lowest BCUT2D eigenvalue weighted by molar-refractivity contribution is -0.138. The Balaban J connectivity index is 1.33. The van der Waals surface area contributed by atoms with Crippen LogP contribution in [-0.4, -0.2) is 88.4 Å². The van der Waals surface area contributed by atoms with Crippen LogP contribution in [0.5, 0.6) is 0 Å². The molecule has 1 saturated heterocycles. The molecule has 11 heteroatoms. The summed E-state index contributed by atoms with van der Waals surface area (Å²) in [5.41, 5.74) is 3.43. The number of nitrogens with one attached hydrogen (secondary N) is 2. The van der Waals surface area contributed by atoms with Crippen LogP contribution >= 0.6 is 11.3 Å². The minimum atomic E-state index is -1.13. The second-order valence-electron chi connectivity index (χ2n) is 14.1. The molecule has 2 heterocycles. The fraction of sp³-hybridized carbons (Fsp3) is 0.667. The van der Waals surface area contributed by atoms with Crippen LogP contribution in [0.25, 0.3) is 0 Å². The van der Waals surface area contributed by atoms with Gasteiger partial charge in [0.1, 0.15) is 12.1 Å². The molecular weight excluding hydrogens is 616 g/mol. The van der Waals surface area contributed by atoms with Gasteiger partial charge in [-0.15, -0.1) is 11.3 Å². The van der Waals surface area contributed by atoms with Crippen LogP contribution in [-0.2, 0) is 32.0 Å². The molecule has 47 heavy (non-hydrogen) atoms. The van der Waals surface area contributed by atoms with E-state index in [1.54, 1.807) is 10.4 Å². The second-order valence-corrected chi connectivity index (χ2v) is 14.8. The first kappa shape index (κ1) is 35.4. The van der Waals surface area contributed by atoms with Crippen molar-refractivity contribution in [3.8, 4) is 0 Å². The number of morpholine rings is 1. The van der Waals surface area contributed by atoms with Crippen LogP contribution in [0.1, 0.15) is 70.1 Å². The van der Waals surface area contributed by atoms with E-state index in [1.165, 1.54) is 17.8 Å². The van der Waals surface area contributed by atoms with Gasteiger partial charge in [-0.05, 0) is 42.6 Å². The predicted octanol–water partition coefficient (Wildman–Crippen LogP) is 3.36. The first-order chi connectivity index (χ1) is 22.7. The molecule has 3 fully saturated rings. The van der Waals surface area contributed by atoms with Crippen LogP contribution in [0.3, 0.4) is 0 Å². The average molecular weight is 669 g/mol. The number of carbonyl (C=O) groups is 3. The molecule has 10 nitrogen and oxygen atoms in total. The molecule has 7 atom stereocenters. The van der Waals surface area contributed by atoms with E-state index < -0.39 is 42.0 Å². The Morgan fingerprint density at radius 2 is 1.74 bits per heavy atom. The predicted molar refractivity (Wildman–Crippen MR) is 180 cm³/mol. The SMILES string of the molecule is CC(C)C[C@H](O)[C@H](O)[C@H](CC1CCCCC1)NC(=O)[C@H](Cc1cscn1)NC(=O)[C@@H]1[C@@H](Cc2ccccc2)[C@H]1C(=O)N1CCOCC1. The van der Waals surface area contributed by atoms with Gasteiger partial charge in [0.2, 0.25) is 17.7 Å². The highest BCUT2D eigenvalue weighted by Gasteiger charge is 2.59. The van der Waals surface area contributed by atoms with Gasteiger partial charge in [-0.2, -0.15) is 0 Å². The van der Waals surface area contributed by atoms with E-state index in [0.717, 1.165) is 31.2 Å². The number of aromatic nitrogens is 1. The summed E-state index contributed by atoms with van der Waals surface area (Å²) in [7, 11) is 0. The summed E-state index contributed by atoms with van der Waals surface area (Å²) in [6.45, 7) is 5.95. The van der Waals surface area contributed by atoms with Gasteiger partial charge in [-0.25, -0.2) is 4.98 Å². The van der Waals surface area contributed by atoms with Gasteiger partial charge in [0.25, 0.3) is 0 Å². The fourth-order valence-electron chi connectivity index (χ4n) is 7.47. The number of amides is 3. The first-order valence-corrected chi connectivity index (χ1v) is 18.4. The zero-order chi connectivity index (χ0) is 33.3. The van der Waals surface area contributed by atoms with Crippen molar-refractivity contribution < 1.29 is 29.3 Å². The topological polar surface area (TPSA) is 141 Å². The van der Waals surface area contributed by atoms with Crippen molar-refractivity contribution in [3.63, 3.8) is 0 Å². The molecule has 1 aromatic carbocycles. The van der Waals surface area contributed by atoms with Crippen molar-refractivity contribution in [1.29, 1.82) is 0 Å². The number of rotatable bonds is 15. The number of nitrogens with zero attached hydrogens (tertiary/aromatic N) is 2. The summed E-state index contributed by atoms with van der Waals surface area (Å²) in [6.07, 6.45) is 5.13. The van der Waals surface area contributed by atoms with Gasteiger partial charge < -0.3 is 30.5 Å². The third kappa shape index (κ3) is 9.84. The summed E-state index contributed by atoms with van der Waals surface area (Å²) in [6, 6.07) is 8.26. The van der Waals surface area contributed by atoms with Gasteiger partial charge in [0.05, 0.1) is 48.4 Å². The van der Waals surface area contributed by atoms with E-state index in [-0.39, 0.29) is 30.1 Å². The van der Waals surface area contributed by atoms with E-state index in [4.69, 9.17) is 4.74 Å². The number of hydrogen-bond donors (Lipinski definition) is 4. The van der Waals surface area contributed by atoms with Gasteiger partial charge in [-0.3, -0.25) is 14.4 Å². The summed E-state index contributed by atoms with van der Waals surface area (Å²) in [5, 5.41) is 30.1. The number of benzene rings is 1. The highest BCUT2D eigenvalue weighted by molar-refractivity contribution is 7.07. The maximum atomic E-state index is 14.1. The molecule has 2 saturated carbocycles. The summed E-state index contributed by atoms with van der Waals surface area (Å²) < 4.78 is 5.45. The summed E-state index contributed by atoms with van der Waals surface area (Å²) in [5.74, 6) is -1.46. The Labute approximate surface area is 282 Å². The van der Waals surface area contributed by atoms with Crippen molar-refractivity contribution >= 4 is 29.1 Å². The minimum Gasteiger partial charge on any atom is -0.390 e. The molecule has 0 radical (unpaired) electrons. The number of aliphatic hydroxyl groups is 2. The maximum absolute atomic E-state index is 14.1. The molecule has 5 rings (SSSR count). The largest absolute Gasteiger partial charge is 0.390 e. The molecule has 2 aromatic rings. The van der Waals surface area contributed by atoms with Crippen molar-refractivity contribution in [3.05, 3.63) is 52.5 Å². The van der Waals surface area contributed by atoms with Gasteiger partial charge in [0.15, 0.2) is 0 Å². The standard InChI is InChI=1S/C36H52N4O6S/c1-23(2)17-30(41)33(42)28(19-25-11-7-4-8-12-25)38-34(43)29(20-26-21-47-22-37-26)39-35(44)31-27(18-24-9-5-3-6-10-24)32(31)36(45)40-13-15-46-16-14-40/h3,5-6,9-10,21-23,25,27-33,41-42H,4,7-8,11-20H2,1-2H3,(H,38,43)(H,39,44)/t27-,28+,29+,30+,31-,32-,33-/m1/s1. The van der Waals surface area contributed by atoms with E-state index in [2.05, 4.69) is 15.6 Å². The number of ether oxygens (including phenoxy) is 1. The van der Waals surface area contributed by atoms with Gasteiger partial charge in [-0.1, -0.05) is 76.3 Å². The monoisotopic (exact) mass is 668 g/mol. The lowest BCUT2D eigenvalue weighted by atomic mass is 9.82. The normalized spacial score (nSPS) is 24.3. The number of hydrogen-bond acceptors (Lipinski definition) is 8. The van der Waals surface area contributed by atoms with Crippen LogP contribution in [0, 0.1) is 29.6 Å². The quantitative estimate of drug-likeness (QED) is 0.228. The minimum absolute atomic E-state index is 0.0373. The first-order valence-electron chi connectivity index (χ1n) is 17.5. The maximum Gasteiger partial charge on any atom is 0.243 e. The third-order valence-corrected chi connectivity index (χ3v) is 10.7. The van der Waals surface area contributed by atoms with Crippen LogP contribution < -0.4 is 10.6 Å². The Morgan fingerprint density at radius 1 is 1.02 bits per heavy atom. The average Bonchev–Trinajstić information content (AvgIpc) is 3.53. The Hall–Kier alpha value is -2.86. The highest BCUT2D eigenvalue weighted by atomic mass is 32.1. The second kappa shape index (κ2) is 17.0. The lowest BCUT2D eigenvalue weighted by Crippen LogP contribution is -2.56. The number of thiazole rings is 1. The van der Waals surface area contributed by atoms with E-state index in [0.29, 0.717) is 57.2 Å². The number of carbonyl (C=O) groups excluding carboxylic acids is 3. The molecule has 2 aliphatic carbocycles. The molecular formula is C36H52N4O6S. The van der Waals surface area contributed by atoms with Crippen LogP contribution in [0.2, 0.25) is 0 Å². The van der Waals surface area contributed by atoms with E-state index >= 15 is 0 Å². The third-order valence-electron chi connectivity index (χ3n) is 10.1. The van der Waals surface area contributed by atoms with Gasteiger partial charge >= 0.3 is 0 Å². The lowest BCUT2D eigenvalue weighted by Gasteiger charge is -2.33. The van der Waals surface area contributed by atoms with Crippen molar-refractivity contribution in [2.24, 2.45) is 29.6 Å². The Kier molecular flexibility index (Phi) is 12.8. The molecule has 1 aromatic heterocycles. The molecule has 0 unspecified atom stereocenters. The van der Waals surface area contributed by atoms with Crippen molar-refractivity contribution in [1.82, 2.24) is 20.5 Å². The van der Waals surface area contributed by atoms with E-state index in [1.807, 2.05) is 49.6 Å². The smallest absolute Gasteiger partial charge is 0.243 e. The Bertz CT molecular complexity index is 1280. The highest BCUT2D eigenvalue weighted by Crippen LogP contribution is 2.50. The molecule has 0 spiro atoms. The van der Waals surface area contributed by atoms with Gasteiger partial charge in [0, 0.05) is 24.9 Å². The molecule has 258 valence electrons. The number of aliphatic hydroxyl groups excluding tert-OH is 2. The zero-order valence-electron chi connectivity index (χ0n) is 27.8. The molecule has 3 aliphatic rings. The van der Waals surface area contributed by atoms with Crippen LogP contribution in [0.4, 0.5) is 0 Å². The molecule has 4 N–H and O–H groups in total.